The molecule has 4 aromatic carbocycles. The van der Waals surface area contributed by atoms with Gasteiger partial charge in [0.1, 0.15) is 11.5 Å². The van der Waals surface area contributed by atoms with Crippen LogP contribution in [0.15, 0.2) is 72.8 Å². The Morgan fingerprint density at radius 2 is 0.938 bits per heavy atom. The number of benzene rings is 4. The van der Waals surface area contributed by atoms with Crippen LogP contribution < -0.4 is 30.7 Å². The van der Waals surface area contributed by atoms with E-state index in [1.54, 1.807) is 14.2 Å². The van der Waals surface area contributed by atoms with E-state index in [-0.39, 0.29) is 0 Å². The van der Waals surface area contributed by atoms with E-state index in [0.717, 1.165) is 118 Å². The Labute approximate surface area is 291 Å². The zero-order valence-electron chi connectivity index (χ0n) is 27.5. The molecule has 0 spiro atoms. The number of ether oxygens (including phenoxy) is 2. The van der Waals surface area contributed by atoms with Crippen LogP contribution in [-0.2, 0) is 0 Å². The zero-order chi connectivity index (χ0) is 33.6. The van der Waals surface area contributed by atoms with Crippen LogP contribution >= 0.6 is 23.2 Å². The highest BCUT2D eigenvalue weighted by atomic mass is 35.5. The first-order valence-corrected chi connectivity index (χ1v) is 17.2. The van der Waals surface area contributed by atoms with Crippen molar-refractivity contribution in [2.75, 3.05) is 63.3 Å². The molecular weight excluding hydrogens is 643 g/mol. The molecule has 0 atom stereocenters. The Bertz CT molecular complexity index is 1910. The monoisotopic (exact) mass is 684 g/mol. The Hall–Kier alpha value is -4.08. The van der Waals surface area contributed by atoms with Crippen LogP contribution in [0.5, 0.6) is 11.5 Å². The Kier molecular flexibility index (Phi) is 10.9. The fraction of sp³-hybridized carbons (Fsp3) is 0.316. The average molecular weight is 686 g/mol. The molecule has 0 bridgehead atoms. The summed E-state index contributed by atoms with van der Waals surface area (Å²) in [7, 11) is 3.38. The summed E-state index contributed by atoms with van der Waals surface area (Å²) in [5.74, 6) is 1.59. The van der Waals surface area contributed by atoms with E-state index in [4.69, 9.17) is 54.1 Å². The van der Waals surface area contributed by atoms with Crippen LogP contribution in [0.25, 0.3) is 43.6 Å². The molecule has 0 amide bonds. The molecule has 0 aliphatic carbocycles. The SMILES string of the molecule is COc1ccc2nc3cc(Cl)ccc3c(N(CCCN)CCCCN(CCCN)c3c4ccc(Cl)cc4nc4ccc(OC)cc34)c2c1. The molecule has 4 N–H and O–H groups in total. The lowest BCUT2D eigenvalue weighted by Gasteiger charge is -2.30. The predicted molar refractivity (Wildman–Crippen MR) is 203 cm³/mol. The molecule has 6 rings (SSSR count). The van der Waals surface area contributed by atoms with Gasteiger partial charge in [0.15, 0.2) is 0 Å². The summed E-state index contributed by atoms with van der Waals surface area (Å²) in [5, 5.41) is 5.54. The van der Waals surface area contributed by atoms with Crippen molar-refractivity contribution in [3.8, 4) is 11.5 Å². The number of pyridine rings is 2. The van der Waals surface area contributed by atoms with E-state index in [1.807, 2.05) is 48.5 Å². The van der Waals surface area contributed by atoms with Gasteiger partial charge in [0.2, 0.25) is 0 Å². The van der Waals surface area contributed by atoms with Crippen LogP contribution in [0.4, 0.5) is 11.4 Å². The molecule has 48 heavy (non-hydrogen) atoms. The van der Waals surface area contributed by atoms with Gasteiger partial charge in [-0.2, -0.15) is 0 Å². The summed E-state index contributed by atoms with van der Waals surface area (Å²) in [6.07, 6.45) is 3.65. The van der Waals surface area contributed by atoms with Gasteiger partial charge in [0.25, 0.3) is 0 Å². The van der Waals surface area contributed by atoms with E-state index in [2.05, 4.69) is 34.1 Å². The van der Waals surface area contributed by atoms with Crippen molar-refractivity contribution in [3.05, 3.63) is 82.8 Å². The largest absolute Gasteiger partial charge is 0.497 e. The highest BCUT2D eigenvalue weighted by Gasteiger charge is 2.19. The normalized spacial score (nSPS) is 11.5. The van der Waals surface area contributed by atoms with Crippen molar-refractivity contribution in [2.24, 2.45) is 11.5 Å². The lowest BCUT2D eigenvalue weighted by Crippen LogP contribution is -2.30. The first kappa shape index (κ1) is 33.8. The quantitative estimate of drug-likeness (QED) is 0.0824. The summed E-state index contributed by atoms with van der Waals surface area (Å²) in [6.45, 7) is 4.55. The number of unbranched alkanes of at least 4 members (excludes halogenated alkanes) is 1. The van der Waals surface area contributed by atoms with Crippen molar-refractivity contribution in [2.45, 2.75) is 25.7 Å². The van der Waals surface area contributed by atoms with Gasteiger partial charge in [-0.1, -0.05) is 23.2 Å². The molecule has 0 fully saturated rings. The standard InChI is InChI=1S/C38H42Cl2N6O2/c1-47-27-9-13-33-31(23-27)37(29-11-7-25(39)21-35(29)43-33)45(19-5-15-41)17-3-4-18-46(20-6-16-42)38-30-12-8-26(40)22-36(30)44-34-14-10-28(48-2)24-32(34)38/h7-14,21-24H,3-6,15-20,41-42H2,1-2H3. The van der Waals surface area contributed by atoms with Crippen molar-refractivity contribution >= 4 is 78.2 Å². The number of nitrogens with zero attached hydrogens (tertiary/aromatic N) is 4. The van der Waals surface area contributed by atoms with E-state index in [0.29, 0.717) is 23.1 Å². The minimum Gasteiger partial charge on any atom is -0.497 e. The first-order valence-electron chi connectivity index (χ1n) is 16.5. The maximum atomic E-state index is 6.43. The van der Waals surface area contributed by atoms with Gasteiger partial charge in [-0.05, 0) is 112 Å². The van der Waals surface area contributed by atoms with Crippen LogP contribution in [0.2, 0.25) is 10.0 Å². The Balaban J connectivity index is 1.34. The summed E-state index contributed by atoms with van der Waals surface area (Å²) in [6, 6.07) is 24.0. The Morgan fingerprint density at radius 3 is 1.33 bits per heavy atom. The number of methoxy groups -OCH3 is 2. The van der Waals surface area contributed by atoms with Gasteiger partial charge in [0.05, 0.1) is 47.7 Å². The van der Waals surface area contributed by atoms with Gasteiger partial charge in [0, 0.05) is 57.8 Å². The van der Waals surface area contributed by atoms with Crippen molar-refractivity contribution in [3.63, 3.8) is 0 Å². The molecule has 0 unspecified atom stereocenters. The molecule has 0 aliphatic rings. The van der Waals surface area contributed by atoms with E-state index >= 15 is 0 Å². The predicted octanol–water partition coefficient (Wildman–Crippen LogP) is 8.20. The smallest absolute Gasteiger partial charge is 0.119 e. The van der Waals surface area contributed by atoms with Crippen LogP contribution in [0, 0.1) is 0 Å². The second-order valence-electron chi connectivity index (χ2n) is 12.0. The summed E-state index contributed by atoms with van der Waals surface area (Å²) >= 11 is 12.9. The van der Waals surface area contributed by atoms with E-state index in [1.165, 1.54) is 0 Å². The zero-order valence-corrected chi connectivity index (χ0v) is 29.0. The molecule has 10 heteroatoms. The highest BCUT2D eigenvalue weighted by Crippen LogP contribution is 2.39. The topological polar surface area (TPSA) is 103 Å². The summed E-state index contributed by atoms with van der Waals surface area (Å²) in [5.41, 5.74) is 17.9. The molecule has 250 valence electrons. The maximum Gasteiger partial charge on any atom is 0.119 e. The third kappa shape index (κ3) is 7.17. The molecule has 2 heterocycles. The number of nitrogens with two attached hydrogens (primary N) is 2. The number of aromatic nitrogens is 2. The maximum absolute atomic E-state index is 6.43. The van der Waals surface area contributed by atoms with Crippen LogP contribution in [-0.4, -0.2) is 63.5 Å². The van der Waals surface area contributed by atoms with Crippen LogP contribution in [0.3, 0.4) is 0 Å². The first-order chi connectivity index (χ1) is 23.4. The van der Waals surface area contributed by atoms with Gasteiger partial charge in [-0.3, -0.25) is 0 Å². The number of halogens is 2. The number of hydrogen-bond donors (Lipinski definition) is 2. The third-order valence-corrected chi connectivity index (χ3v) is 9.30. The third-order valence-electron chi connectivity index (χ3n) is 8.83. The number of hydrogen-bond acceptors (Lipinski definition) is 8. The van der Waals surface area contributed by atoms with Crippen LogP contribution in [0.1, 0.15) is 25.7 Å². The lowest BCUT2D eigenvalue weighted by molar-refractivity contribution is 0.415. The second-order valence-corrected chi connectivity index (χ2v) is 12.8. The number of rotatable bonds is 15. The highest BCUT2D eigenvalue weighted by molar-refractivity contribution is 6.32. The van der Waals surface area contributed by atoms with Crippen molar-refractivity contribution < 1.29 is 9.47 Å². The van der Waals surface area contributed by atoms with Crippen molar-refractivity contribution in [1.29, 1.82) is 0 Å². The average Bonchev–Trinajstić information content (AvgIpc) is 3.10. The number of anilines is 2. The minimum absolute atomic E-state index is 0.606. The van der Waals surface area contributed by atoms with Gasteiger partial charge >= 0.3 is 0 Å². The molecule has 6 aromatic rings. The second kappa shape index (κ2) is 15.4. The molecule has 2 aromatic heterocycles. The van der Waals surface area contributed by atoms with Crippen molar-refractivity contribution in [1.82, 2.24) is 9.97 Å². The molecular formula is C38H42Cl2N6O2. The molecule has 8 nitrogen and oxygen atoms in total. The van der Waals surface area contributed by atoms with Gasteiger partial charge in [-0.25, -0.2) is 9.97 Å². The van der Waals surface area contributed by atoms with Gasteiger partial charge in [-0.15, -0.1) is 0 Å². The lowest BCUT2D eigenvalue weighted by atomic mass is 10.0. The fourth-order valence-electron chi connectivity index (χ4n) is 6.53. The molecule has 0 aliphatic heterocycles. The molecule has 0 saturated carbocycles. The van der Waals surface area contributed by atoms with E-state index < -0.39 is 0 Å². The van der Waals surface area contributed by atoms with Gasteiger partial charge < -0.3 is 30.7 Å². The minimum atomic E-state index is 0.606. The molecule has 0 saturated heterocycles. The molecule has 0 radical (unpaired) electrons. The summed E-state index contributed by atoms with van der Waals surface area (Å²) < 4.78 is 11.3. The Morgan fingerprint density at radius 1 is 0.521 bits per heavy atom. The fourth-order valence-corrected chi connectivity index (χ4v) is 6.86. The van der Waals surface area contributed by atoms with E-state index in [9.17, 15) is 0 Å². The number of fused-ring (bicyclic) bond motifs is 4. The summed E-state index contributed by atoms with van der Waals surface area (Å²) in [4.78, 5) is 14.8.